The van der Waals surface area contributed by atoms with Gasteiger partial charge in [0, 0.05) is 7.05 Å². The number of fused-ring (bicyclic) bond motifs is 1. The van der Waals surface area contributed by atoms with Crippen molar-refractivity contribution in [1.29, 1.82) is 5.26 Å². The minimum absolute atomic E-state index is 0.464. The molecule has 17 heavy (non-hydrogen) atoms. The van der Waals surface area contributed by atoms with E-state index >= 15 is 0 Å². The van der Waals surface area contributed by atoms with Crippen LogP contribution >= 0.6 is 0 Å². The normalized spacial score (nSPS) is 12.1. The van der Waals surface area contributed by atoms with E-state index in [0.717, 1.165) is 11.0 Å². The number of benzene rings is 1. The molecule has 2 aromatic rings. The molecule has 4 heteroatoms. The van der Waals surface area contributed by atoms with Crippen LogP contribution in [0.5, 0.6) is 0 Å². The van der Waals surface area contributed by atoms with Crippen molar-refractivity contribution in [3.05, 3.63) is 35.8 Å². The van der Waals surface area contributed by atoms with Gasteiger partial charge in [0.15, 0.2) is 5.82 Å². The average molecular weight is 227 g/mol. The Labute approximate surface area is 99.8 Å². The van der Waals surface area contributed by atoms with Gasteiger partial charge in [-0.1, -0.05) is 12.1 Å². The van der Waals surface area contributed by atoms with Crippen molar-refractivity contribution in [2.24, 2.45) is 7.05 Å². The Morgan fingerprint density at radius 3 is 2.71 bits per heavy atom. The van der Waals surface area contributed by atoms with Gasteiger partial charge in [-0.2, -0.15) is 5.26 Å². The summed E-state index contributed by atoms with van der Waals surface area (Å²) in [5.74, 6) is 1.21. The van der Waals surface area contributed by atoms with E-state index in [-0.39, 0.29) is 0 Å². The quantitative estimate of drug-likeness (QED) is 0.585. The molecule has 4 nitrogen and oxygen atoms in total. The SMILES string of the molecule is CO/C(C)=C(/C#N)c1nc2ccccc2n1C. The standard InChI is InChI=1S/C13H13N3O/c1-9(17-3)10(8-14)13-15-11-6-4-5-7-12(11)16(13)2/h4-7H,1-3H3/b10-9-. The molecule has 0 saturated carbocycles. The van der Waals surface area contributed by atoms with Crippen molar-refractivity contribution in [3.63, 3.8) is 0 Å². The molecule has 0 aliphatic rings. The molecule has 0 spiro atoms. The van der Waals surface area contributed by atoms with Gasteiger partial charge in [0.05, 0.1) is 18.1 Å². The first-order valence-electron chi connectivity index (χ1n) is 5.25. The molecule has 1 aromatic carbocycles. The first kappa shape index (κ1) is 11.2. The van der Waals surface area contributed by atoms with Crippen molar-refractivity contribution in [2.45, 2.75) is 6.92 Å². The van der Waals surface area contributed by atoms with Gasteiger partial charge >= 0.3 is 0 Å². The molecule has 0 aliphatic carbocycles. The number of hydrogen-bond acceptors (Lipinski definition) is 3. The first-order chi connectivity index (χ1) is 8.19. The van der Waals surface area contributed by atoms with Crippen LogP contribution in [0.3, 0.4) is 0 Å². The Balaban J connectivity index is 2.72. The second kappa shape index (κ2) is 4.30. The lowest BCUT2D eigenvalue weighted by molar-refractivity contribution is 0.296. The van der Waals surface area contributed by atoms with Crippen molar-refractivity contribution in [2.75, 3.05) is 7.11 Å². The number of aryl methyl sites for hydroxylation is 1. The number of para-hydroxylation sites is 2. The van der Waals surface area contributed by atoms with E-state index in [1.165, 1.54) is 0 Å². The maximum Gasteiger partial charge on any atom is 0.154 e. The summed E-state index contributed by atoms with van der Waals surface area (Å²) in [6, 6.07) is 9.92. The molecule has 1 heterocycles. The number of ether oxygens (including phenoxy) is 1. The Hall–Kier alpha value is -2.28. The van der Waals surface area contributed by atoms with Crippen molar-refractivity contribution in [1.82, 2.24) is 9.55 Å². The third-order valence-electron chi connectivity index (χ3n) is 2.78. The van der Waals surface area contributed by atoms with Gasteiger partial charge in [-0.05, 0) is 19.1 Å². The fourth-order valence-electron chi connectivity index (χ4n) is 1.76. The van der Waals surface area contributed by atoms with Crippen molar-refractivity contribution >= 4 is 16.6 Å². The molecule has 0 bridgehead atoms. The predicted molar refractivity (Wildman–Crippen MR) is 65.9 cm³/mol. The number of aromatic nitrogens is 2. The summed E-state index contributed by atoms with van der Waals surface area (Å²) in [6.45, 7) is 1.76. The zero-order chi connectivity index (χ0) is 12.4. The Bertz CT molecular complexity index is 632. The van der Waals surface area contributed by atoms with Gasteiger partial charge in [0.25, 0.3) is 0 Å². The van der Waals surface area contributed by atoms with E-state index in [2.05, 4.69) is 11.1 Å². The Morgan fingerprint density at radius 2 is 2.12 bits per heavy atom. The highest BCUT2D eigenvalue weighted by atomic mass is 16.5. The van der Waals surface area contributed by atoms with E-state index in [1.54, 1.807) is 14.0 Å². The lowest BCUT2D eigenvalue weighted by Crippen LogP contribution is -1.99. The molecule has 0 unspecified atom stereocenters. The smallest absolute Gasteiger partial charge is 0.154 e. The fraction of sp³-hybridized carbons (Fsp3) is 0.231. The lowest BCUT2D eigenvalue weighted by Gasteiger charge is -2.04. The highest BCUT2D eigenvalue weighted by Gasteiger charge is 2.14. The number of nitrogens with zero attached hydrogens (tertiary/aromatic N) is 3. The zero-order valence-corrected chi connectivity index (χ0v) is 10.1. The van der Waals surface area contributed by atoms with Crippen LogP contribution in [0, 0.1) is 11.3 Å². The second-order valence-corrected chi connectivity index (χ2v) is 3.73. The van der Waals surface area contributed by atoms with Crippen LogP contribution < -0.4 is 0 Å². The molecule has 0 amide bonds. The van der Waals surface area contributed by atoms with Crippen molar-refractivity contribution < 1.29 is 4.74 Å². The average Bonchev–Trinajstić information content (AvgIpc) is 2.68. The van der Waals surface area contributed by atoms with Gasteiger partial charge in [0.1, 0.15) is 17.4 Å². The van der Waals surface area contributed by atoms with Gasteiger partial charge in [0.2, 0.25) is 0 Å². The summed E-state index contributed by atoms with van der Waals surface area (Å²) in [7, 11) is 3.44. The van der Waals surface area contributed by atoms with E-state index in [1.807, 2.05) is 35.9 Å². The molecule has 2 rings (SSSR count). The summed E-state index contributed by atoms with van der Waals surface area (Å²) in [5, 5.41) is 9.19. The van der Waals surface area contributed by atoms with E-state index < -0.39 is 0 Å². The van der Waals surface area contributed by atoms with Crippen LogP contribution in [-0.2, 0) is 11.8 Å². The van der Waals surface area contributed by atoms with E-state index in [9.17, 15) is 5.26 Å². The molecule has 0 radical (unpaired) electrons. The lowest BCUT2D eigenvalue weighted by atomic mass is 10.2. The van der Waals surface area contributed by atoms with Crippen LogP contribution in [0.2, 0.25) is 0 Å². The number of allylic oxidation sites excluding steroid dienone is 2. The summed E-state index contributed by atoms with van der Waals surface area (Å²) in [6.07, 6.45) is 0. The molecular weight excluding hydrogens is 214 g/mol. The maximum atomic E-state index is 9.19. The third-order valence-corrected chi connectivity index (χ3v) is 2.78. The molecule has 0 fully saturated rings. The first-order valence-corrected chi connectivity index (χ1v) is 5.25. The van der Waals surface area contributed by atoms with Crippen LogP contribution in [0.25, 0.3) is 16.6 Å². The predicted octanol–water partition coefficient (Wildman–Crippen LogP) is 2.47. The molecule has 0 aliphatic heterocycles. The highest BCUT2D eigenvalue weighted by molar-refractivity contribution is 5.83. The fourth-order valence-corrected chi connectivity index (χ4v) is 1.76. The largest absolute Gasteiger partial charge is 0.500 e. The van der Waals surface area contributed by atoms with Crippen LogP contribution in [0.1, 0.15) is 12.7 Å². The van der Waals surface area contributed by atoms with Crippen LogP contribution in [-0.4, -0.2) is 16.7 Å². The van der Waals surface area contributed by atoms with Gasteiger partial charge in [-0.15, -0.1) is 0 Å². The Kier molecular flexibility index (Phi) is 2.84. The van der Waals surface area contributed by atoms with Gasteiger partial charge in [-0.25, -0.2) is 4.98 Å². The number of methoxy groups -OCH3 is 1. The highest BCUT2D eigenvalue weighted by Crippen LogP contribution is 2.22. The summed E-state index contributed by atoms with van der Waals surface area (Å²) < 4.78 is 7.01. The summed E-state index contributed by atoms with van der Waals surface area (Å²) in [5.41, 5.74) is 2.34. The maximum absolute atomic E-state index is 9.19. The molecule has 1 aromatic heterocycles. The molecule has 0 N–H and O–H groups in total. The minimum Gasteiger partial charge on any atom is -0.500 e. The molecular formula is C13H13N3O. The van der Waals surface area contributed by atoms with Crippen molar-refractivity contribution in [3.8, 4) is 6.07 Å². The summed E-state index contributed by atoms with van der Waals surface area (Å²) in [4.78, 5) is 4.46. The number of nitriles is 1. The monoisotopic (exact) mass is 227 g/mol. The third kappa shape index (κ3) is 1.76. The minimum atomic E-state index is 0.464. The topological polar surface area (TPSA) is 50.8 Å². The second-order valence-electron chi connectivity index (χ2n) is 3.73. The Morgan fingerprint density at radius 1 is 1.41 bits per heavy atom. The van der Waals surface area contributed by atoms with E-state index in [0.29, 0.717) is 17.2 Å². The number of imidazole rings is 1. The zero-order valence-electron chi connectivity index (χ0n) is 10.1. The van der Waals surface area contributed by atoms with Gasteiger partial charge < -0.3 is 9.30 Å². The van der Waals surface area contributed by atoms with Crippen LogP contribution in [0.4, 0.5) is 0 Å². The van der Waals surface area contributed by atoms with E-state index in [4.69, 9.17) is 4.74 Å². The van der Waals surface area contributed by atoms with Crippen LogP contribution in [0.15, 0.2) is 30.0 Å². The summed E-state index contributed by atoms with van der Waals surface area (Å²) >= 11 is 0. The molecule has 86 valence electrons. The molecule has 0 atom stereocenters. The molecule has 0 saturated heterocycles. The number of rotatable bonds is 2. The number of hydrogen-bond donors (Lipinski definition) is 0. The van der Waals surface area contributed by atoms with Gasteiger partial charge in [-0.3, -0.25) is 0 Å².